The normalized spacial score (nSPS) is 16.8. The summed E-state index contributed by atoms with van der Waals surface area (Å²) in [6.07, 6.45) is 0. The molecule has 4 rings (SSSR count). The van der Waals surface area contributed by atoms with E-state index in [4.69, 9.17) is 15.5 Å². The van der Waals surface area contributed by atoms with Gasteiger partial charge in [0.15, 0.2) is 0 Å². The van der Waals surface area contributed by atoms with Crippen molar-refractivity contribution in [3.63, 3.8) is 0 Å². The zero-order chi connectivity index (χ0) is 16.0. The summed E-state index contributed by atoms with van der Waals surface area (Å²) in [4.78, 5) is 5.76. The lowest BCUT2D eigenvalue weighted by Gasteiger charge is -2.27. The molecule has 5 heteroatoms. The van der Waals surface area contributed by atoms with Crippen LogP contribution in [0.5, 0.6) is 5.75 Å². The number of aromatic nitrogens is 1. The molecule has 3 aromatic rings. The third kappa shape index (κ3) is 2.00. The van der Waals surface area contributed by atoms with E-state index in [-0.39, 0.29) is 11.8 Å². The lowest BCUT2D eigenvalue weighted by molar-refractivity contribution is 0.397. The molecule has 2 aromatic heterocycles. The predicted molar refractivity (Wildman–Crippen MR) is 90.1 cm³/mol. The molecule has 0 fully saturated rings. The van der Waals surface area contributed by atoms with Crippen molar-refractivity contribution in [2.24, 2.45) is 5.73 Å². The van der Waals surface area contributed by atoms with E-state index in [1.54, 1.807) is 11.3 Å². The summed E-state index contributed by atoms with van der Waals surface area (Å²) in [7, 11) is 0. The number of ether oxygens (including phenoxy) is 1. The summed E-state index contributed by atoms with van der Waals surface area (Å²) in [5.74, 6) is 0.665. The molecule has 1 aliphatic heterocycles. The highest BCUT2D eigenvalue weighted by atomic mass is 32.1. The number of para-hydroxylation sites is 1. The van der Waals surface area contributed by atoms with Crippen LogP contribution in [0.4, 0.5) is 0 Å². The average Bonchev–Trinajstić information content (AvgIpc) is 3.08. The molecule has 2 N–H and O–H groups in total. The molecular weight excluding hydrogens is 306 g/mol. The van der Waals surface area contributed by atoms with Crippen molar-refractivity contribution in [1.29, 1.82) is 5.26 Å². The smallest absolute Gasteiger partial charge is 0.205 e. The summed E-state index contributed by atoms with van der Waals surface area (Å²) in [5, 5.41) is 12.5. The molecule has 112 valence electrons. The SMILES string of the molecule is Cc1nc2ccccc2c2c1[C@H](c1cccs1)C(C#N)=C(N)O2. The Morgan fingerprint density at radius 2 is 2.09 bits per heavy atom. The fraction of sp³-hybridized carbons (Fsp3) is 0.111. The molecule has 0 aliphatic carbocycles. The number of hydrogen-bond donors (Lipinski definition) is 1. The van der Waals surface area contributed by atoms with Crippen LogP contribution >= 0.6 is 11.3 Å². The number of aryl methyl sites for hydroxylation is 1. The van der Waals surface area contributed by atoms with Crippen LogP contribution < -0.4 is 10.5 Å². The predicted octanol–water partition coefficient (Wildman–Crippen LogP) is 3.82. The van der Waals surface area contributed by atoms with Crippen LogP contribution in [0.25, 0.3) is 10.9 Å². The van der Waals surface area contributed by atoms with E-state index in [1.807, 2.05) is 48.7 Å². The maximum Gasteiger partial charge on any atom is 0.205 e. The van der Waals surface area contributed by atoms with Crippen LogP contribution in [0.2, 0.25) is 0 Å². The lowest BCUT2D eigenvalue weighted by atomic mass is 9.86. The fourth-order valence-corrected chi connectivity index (χ4v) is 3.92. The Bertz CT molecular complexity index is 983. The van der Waals surface area contributed by atoms with E-state index in [2.05, 4.69) is 6.07 Å². The summed E-state index contributed by atoms with van der Waals surface area (Å²) in [5.41, 5.74) is 9.15. The third-order valence-electron chi connectivity index (χ3n) is 4.07. The summed E-state index contributed by atoms with van der Waals surface area (Å²) in [6, 6.07) is 14.0. The van der Waals surface area contributed by atoms with E-state index < -0.39 is 0 Å². The number of allylic oxidation sites excluding steroid dienone is 1. The molecule has 1 aliphatic rings. The molecular formula is C18H13N3OS. The second-order valence-corrected chi connectivity index (χ2v) is 6.38. The zero-order valence-electron chi connectivity index (χ0n) is 12.4. The third-order valence-corrected chi connectivity index (χ3v) is 5.01. The zero-order valence-corrected chi connectivity index (χ0v) is 13.2. The van der Waals surface area contributed by atoms with Crippen molar-refractivity contribution < 1.29 is 4.74 Å². The first kappa shape index (κ1) is 13.8. The number of thiophene rings is 1. The number of pyridine rings is 1. The second kappa shape index (κ2) is 5.11. The summed E-state index contributed by atoms with van der Waals surface area (Å²) in [6.45, 7) is 1.95. The first-order valence-corrected chi connectivity index (χ1v) is 8.09. The first-order chi connectivity index (χ1) is 11.2. The van der Waals surface area contributed by atoms with E-state index in [9.17, 15) is 5.26 Å². The maximum atomic E-state index is 9.58. The number of fused-ring (bicyclic) bond motifs is 3. The molecule has 0 saturated carbocycles. The van der Waals surface area contributed by atoms with Gasteiger partial charge in [0.05, 0.1) is 11.4 Å². The molecule has 1 atom stereocenters. The minimum Gasteiger partial charge on any atom is -0.439 e. The highest BCUT2D eigenvalue weighted by molar-refractivity contribution is 7.10. The van der Waals surface area contributed by atoms with Crippen molar-refractivity contribution in [1.82, 2.24) is 4.98 Å². The average molecular weight is 319 g/mol. The molecule has 3 heterocycles. The molecule has 23 heavy (non-hydrogen) atoms. The molecule has 0 saturated heterocycles. The van der Waals surface area contributed by atoms with Gasteiger partial charge in [-0.1, -0.05) is 18.2 Å². The quantitative estimate of drug-likeness (QED) is 0.740. The van der Waals surface area contributed by atoms with Crippen molar-refractivity contribution in [3.8, 4) is 11.8 Å². The van der Waals surface area contributed by atoms with Crippen LogP contribution in [-0.2, 0) is 0 Å². The Kier molecular flexibility index (Phi) is 3.07. The number of nitriles is 1. The first-order valence-electron chi connectivity index (χ1n) is 7.21. The Morgan fingerprint density at radius 3 is 2.83 bits per heavy atom. The highest BCUT2D eigenvalue weighted by Crippen LogP contribution is 2.47. The van der Waals surface area contributed by atoms with E-state index in [1.165, 1.54) is 0 Å². The van der Waals surface area contributed by atoms with Crippen LogP contribution in [0.1, 0.15) is 22.1 Å². The number of rotatable bonds is 1. The van der Waals surface area contributed by atoms with Gasteiger partial charge < -0.3 is 10.5 Å². The van der Waals surface area contributed by atoms with E-state index >= 15 is 0 Å². The largest absolute Gasteiger partial charge is 0.439 e. The molecule has 0 amide bonds. The Morgan fingerprint density at radius 1 is 1.26 bits per heavy atom. The van der Waals surface area contributed by atoms with Crippen molar-refractivity contribution in [2.75, 3.05) is 0 Å². The van der Waals surface area contributed by atoms with Gasteiger partial charge in [0.1, 0.15) is 17.4 Å². The number of benzene rings is 1. The molecule has 4 nitrogen and oxygen atoms in total. The monoisotopic (exact) mass is 319 g/mol. The minimum atomic E-state index is -0.221. The standard InChI is InChI=1S/C18H13N3OS/c1-10-15-16(14-7-4-8-23-14)12(9-19)18(20)22-17(15)11-5-2-3-6-13(11)21-10/h2-8,16H,20H2,1H3/t16-/m0/s1. The van der Waals surface area contributed by atoms with Crippen molar-refractivity contribution in [2.45, 2.75) is 12.8 Å². The Hall–Kier alpha value is -2.84. The van der Waals surface area contributed by atoms with Gasteiger partial charge in [-0.15, -0.1) is 11.3 Å². The Balaban J connectivity index is 2.09. The second-order valence-electron chi connectivity index (χ2n) is 5.40. The topological polar surface area (TPSA) is 71.9 Å². The van der Waals surface area contributed by atoms with Gasteiger partial charge in [0, 0.05) is 21.5 Å². The van der Waals surface area contributed by atoms with E-state index in [0.29, 0.717) is 11.3 Å². The van der Waals surface area contributed by atoms with Gasteiger partial charge >= 0.3 is 0 Å². The molecule has 0 spiro atoms. The van der Waals surface area contributed by atoms with Gasteiger partial charge in [0.25, 0.3) is 0 Å². The molecule has 0 radical (unpaired) electrons. The van der Waals surface area contributed by atoms with Crippen LogP contribution in [0.3, 0.4) is 0 Å². The molecule has 1 aromatic carbocycles. The number of nitrogens with two attached hydrogens (primary N) is 1. The summed E-state index contributed by atoms with van der Waals surface area (Å²) < 4.78 is 5.86. The summed E-state index contributed by atoms with van der Waals surface area (Å²) >= 11 is 1.60. The molecule has 0 bridgehead atoms. The maximum absolute atomic E-state index is 9.58. The van der Waals surface area contributed by atoms with Crippen LogP contribution in [0.15, 0.2) is 53.2 Å². The number of hydrogen-bond acceptors (Lipinski definition) is 5. The molecule has 0 unspecified atom stereocenters. The van der Waals surface area contributed by atoms with Gasteiger partial charge in [-0.2, -0.15) is 5.26 Å². The van der Waals surface area contributed by atoms with Gasteiger partial charge in [-0.3, -0.25) is 4.98 Å². The van der Waals surface area contributed by atoms with Gasteiger partial charge in [0.2, 0.25) is 5.88 Å². The van der Waals surface area contributed by atoms with Crippen LogP contribution in [-0.4, -0.2) is 4.98 Å². The number of nitrogens with zero attached hydrogens (tertiary/aromatic N) is 2. The van der Waals surface area contributed by atoms with Gasteiger partial charge in [-0.05, 0) is 30.5 Å². The fourth-order valence-electron chi connectivity index (χ4n) is 3.07. The highest BCUT2D eigenvalue weighted by Gasteiger charge is 2.34. The Labute approximate surface area is 137 Å². The van der Waals surface area contributed by atoms with Crippen LogP contribution in [0, 0.1) is 18.3 Å². The van der Waals surface area contributed by atoms with Crippen molar-refractivity contribution in [3.05, 3.63) is 69.4 Å². The lowest BCUT2D eigenvalue weighted by Crippen LogP contribution is -2.22. The van der Waals surface area contributed by atoms with Gasteiger partial charge in [-0.25, -0.2) is 0 Å². The van der Waals surface area contributed by atoms with Crippen molar-refractivity contribution >= 4 is 22.2 Å². The van der Waals surface area contributed by atoms with E-state index in [0.717, 1.165) is 27.0 Å². The minimum absolute atomic E-state index is 0.175.